The van der Waals surface area contributed by atoms with Gasteiger partial charge in [-0.25, -0.2) is 0 Å². The van der Waals surface area contributed by atoms with Crippen molar-refractivity contribution in [1.82, 2.24) is 5.32 Å². The van der Waals surface area contributed by atoms with Gasteiger partial charge in [0.2, 0.25) is 0 Å². The van der Waals surface area contributed by atoms with Crippen molar-refractivity contribution < 1.29 is 9.84 Å². The molecule has 1 aromatic heterocycles. The Morgan fingerprint density at radius 1 is 1.38 bits per heavy atom. The highest BCUT2D eigenvalue weighted by molar-refractivity contribution is 9.10. The van der Waals surface area contributed by atoms with Crippen molar-refractivity contribution in [1.29, 1.82) is 0 Å². The van der Waals surface area contributed by atoms with Crippen molar-refractivity contribution in [2.75, 3.05) is 13.2 Å². The molecule has 5 heteroatoms. The first kappa shape index (κ1) is 16.5. The van der Waals surface area contributed by atoms with Crippen LogP contribution in [0, 0.1) is 0 Å². The third kappa shape index (κ3) is 5.79. The molecule has 3 nitrogen and oxygen atoms in total. The first-order valence-electron chi connectivity index (χ1n) is 7.01. The molecule has 1 aromatic carbocycles. The molecule has 0 radical (unpaired) electrons. The highest BCUT2D eigenvalue weighted by atomic mass is 79.9. The van der Waals surface area contributed by atoms with Crippen molar-refractivity contribution >= 4 is 27.3 Å². The molecule has 21 heavy (non-hydrogen) atoms. The number of ether oxygens (including phenoxy) is 1. The van der Waals surface area contributed by atoms with Crippen LogP contribution in [0.25, 0.3) is 0 Å². The molecule has 1 atom stereocenters. The molecule has 2 rings (SSSR count). The van der Waals surface area contributed by atoms with E-state index in [1.807, 2.05) is 18.2 Å². The van der Waals surface area contributed by atoms with Crippen LogP contribution in [0.3, 0.4) is 0 Å². The zero-order valence-corrected chi connectivity index (χ0v) is 14.4. The van der Waals surface area contributed by atoms with Gasteiger partial charge in [-0.15, -0.1) is 11.3 Å². The maximum atomic E-state index is 9.93. The zero-order chi connectivity index (χ0) is 15.1. The topological polar surface area (TPSA) is 41.5 Å². The fourth-order valence-corrected chi connectivity index (χ4v) is 3.34. The number of rotatable bonds is 8. The van der Waals surface area contributed by atoms with Gasteiger partial charge in [0.05, 0.1) is 0 Å². The SMILES string of the molecule is CCc1cccc(OCC(O)CNCc2cc(Br)cs2)c1. The first-order valence-corrected chi connectivity index (χ1v) is 8.68. The van der Waals surface area contributed by atoms with Gasteiger partial charge in [-0.2, -0.15) is 0 Å². The smallest absolute Gasteiger partial charge is 0.119 e. The van der Waals surface area contributed by atoms with Gasteiger partial charge >= 0.3 is 0 Å². The van der Waals surface area contributed by atoms with Crippen LogP contribution >= 0.6 is 27.3 Å². The summed E-state index contributed by atoms with van der Waals surface area (Å²) in [6.07, 6.45) is 0.469. The maximum absolute atomic E-state index is 9.93. The van der Waals surface area contributed by atoms with E-state index in [1.54, 1.807) is 11.3 Å². The van der Waals surface area contributed by atoms with Crippen LogP contribution in [-0.2, 0) is 13.0 Å². The van der Waals surface area contributed by atoms with Gasteiger partial charge in [-0.1, -0.05) is 19.1 Å². The summed E-state index contributed by atoms with van der Waals surface area (Å²) in [6.45, 7) is 3.69. The Bertz CT molecular complexity index is 559. The summed E-state index contributed by atoms with van der Waals surface area (Å²) in [6, 6.07) is 10.1. The number of thiophene rings is 1. The third-order valence-electron chi connectivity index (χ3n) is 3.05. The van der Waals surface area contributed by atoms with E-state index in [0.29, 0.717) is 13.2 Å². The van der Waals surface area contributed by atoms with Gasteiger partial charge in [0.25, 0.3) is 0 Å². The van der Waals surface area contributed by atoms with Gasteiger partial charge in [-0.3, -0.25) is 0 Å². The predicted molar refractivity (Wildman–Crippen MR) is 91.0 cm³/mol. The van der Waals surface area contributed by atoms with Crippen LogP contribution in [0.15, 0.2) is 40.2 Å². The van der Waals surface area contributed by atoms with Crippen LogP contribution in [0.1, 0.15) is 17.4 Å². The second-order valence-electron chi connectivity index (χ2n) is 4.83. The minimum absolute atomic E-state index is 0.300. The molecule has 0 aliphatic carbocycles. The maximum Gasteiger partial charge on any atom is 0.119 e. The van der Waals surface area contributed by atoms with E-state index in [0.717, 1.165) is 23.2 Å². The number of aryl methyl sites for hydroxylation is 1. The fourth-order valence-electron chi connectivity index (χ4n) is 1.92. The molecule has 0 amide bonds. The van der Waals surface area contributed by atoms with Crippen LogP contribution < -0.4 is 10.1 Å². The number of halogens is 1. The highest BCUT2D eigenvalue weighted by Gasteiger charge is 2.06. The van der Waals surface area contributed by atoms with Crippen molar-refractivity contribution in [2.45, 2.75) is 26.0 Å². The van der Waals surface area contributed by atoms with Gasteiger partial charge in [-0.05, 0) is 46.1 Å². The number of aliphatic hydroxyl groups is 1. The number of hydrogen-bond donors (Lipinski definition) is 2. The molecule has 0 saturated heterocycles. The van der Waals surface area contributed by atoms with E-state index in [-0.39, 0.29) is 0 Å². The summed E-state index contributed by atoms with van der Waals surface area (Å²) in [5.41, 5.74) is 1.24. The summed E-state index contributed by atoms with van der Waals surface area (Å²) in [5, 5.41) is 15.2. The predicted octanol–water partition coefficient (Wildman–Crippen LogP) is 3.60. The van der Waals surface area contributed by atoms with Crippen molar-refractivity contribution in [3.05, 3.63) is 50.6 Å². The van der Waals surface area contributed by atoms with E-state index in [4.69, 9.17) is 4.74 Å². The Kier molecular flexibility index (Phi) is 6.70. The van der Waals surface area contributed by atoms with Crippen LogP contribution in [0.2, 0.25) is 0 Å². The standard InChI is InChI=1S/C16H20BrNO2S/c1-2-12-4-3-5-15(6-12)20-10-14(19)8-18-9-16-7-13(17)11-21-16/h3-7,11,14,18-19H,2,8-10H2,1H3. The van der Waals surface area contributed by atoms with E-state index in [9.17, 15) is 5.11 Å². The van der Waals surface area contributed by atoms with Gasteiger partial charge in [0.15, 0.2) is 0 Å². The average molecular weight is 370 g/mol. The quantitative estimate of drug-likeness (QED) is 0.746. The van der Waals surface area contributed by atoms with E-state index < -0.39 is 6.10 Å². The molecular weight excluding hydrogens is 350 g/mol. The van der Waals surface area contributed by atoms with E-state index in [1.165, 1.54) is 10.4 Å². The van der Waals surface area contributed by atoms with E-state index >= 15 is 0 Å². The van der Waals surface area contributed by atoms with Crippen LogP contribution in [0.5, 0.6) is 5.75 Å². The summed E-state index contributed by atoms with van der Waals surface area (Å²) in [4.78, 5) is 1.24. The Balaban J connectivity index is 1.68. The van der Waals surface area contributed by atoms with E-state index in [2.05, 4.69) is 45.7 Å². The van der Waals surface area contributed by atoms with Gasteiger partial charge < -0.3 is 15.2 Å². The Morgan fingerprint density at radius 3 is 2.95 bits per heavy atom. The summed E-state index contributed by atoms with van der Waals surface area (Å²) >= 11 is 5.12. The summed E-state index contributed by atoms with van der Waals surface area (Å²) < 4.78 is 6.72. The Morgan fingerprint density at radius 2 is 2.24 bits per heavy atom. The summed E-state index contributed by atoms with van der Waals surface area (Å²) in [7, 11) is 0. The largest absolute Gasteiger partial charge is 0.491 e. The lowest BCUT2D eigenvalue weighted by Gasteiger charge is -2.13. The molecule has 0 fully saturated rings. The van der Waals surface area contributed by atoms with Gasteiger partial charge in [0.1, 0.15) is 18.5 Å². The number of benzene rings is 1. The first-order chi connectivity index (χ1) is 10.2. The van der Waals surface area contributed by atoms with Crippen molar-refractivity contribution in [2.24, 2.45) is 0 Å². The van der Waals surface area contributed by atoms with Crippen LogP contribution in [0.4, 0.5) is 0 Å². The zero-order valence-electron chi connectivity index (χ0n) is 12.0. The molecule has 0 aliphatic rings. The number of nitrogens with one attached hydrogen (secondary N) is 1. The normalized spacial score (nSPS) is 12.3. The molecule has 114 valence electrons. The lowest BCUT2D eigenvalue weighted by atomic mass is 10.2. The molecule has 2 N–H and O–H groups in total. The molecule has 0 saturated carbocycles. The number of hydrogen-bond acceptors (Lipinski definition) is 4. The van der Waals surface area contributed by atoms with Crippen molar-refractivity contribution in [3.8, 4) is 5.75 Å². The Labute approximate surface area is 138 Å². The molecule has 0 bridgehead atoms. The molecular formula is C16H20BrNO2S. The second-order valence-corrected chi connectivity index (χ2v) is 6.74. The second kappa shape index (κ2) is 8.54. The summed E-state index contributed by atoms with van der Waals surface area (Å²) in [5.74, 6) is 0.815. The Hall–Kier alpha value is -0.880. The minimum Gasteiger partial charge on any atom is -0.491 e. The minimum atomic E-state index is -0.515. The molecule has 2 aromatic rings. The lowest BCUT2D eigenvalue weighted by Crippen LogP contribution is -2.31. The average Bonchev–Trinajstić information content (AvgIpc) is 2.91. The lowest BCUT2D eigenvalue weighted by molar-refractivity contribution is 0.106. The molecule has 0 aliphatic heterocycles. The number of aliphatic hydroxyl groups excluding tert-OH is 1. The van der Waals surface area contributed by atoms with Crippen LogP contribution in [-0.4, -0.2) is 24.4 Å². The highest BCUT2D eigenvalue weighted by Crippen LogP contribution is 2.19. The monoisotopic (exact) mass is 369 g/mol. The molecule has 1 heterocycles. The molecule has 0 spiro atoms. The fraction of sp³-hybridized carbons (Fsp3) is 0.375. The molecule has 1 unspecified atom stereocenters. The van der Waals surface area contributed by atoms with Gasteiger partial charge in [0, 0.05) is 27.8 Å². The van der Waals surface area contributed by atoms with Crippen molar-refractivity contribution in [3.63, 3.8) is 0 Å². The third-order valence-corrected chi connectivity index (χ3v) is 4.75.